The molecule has 0 atom stereocenters. The molecular weight excluding hydrogens is 266 g/mol. The Morgan fingerprint density at radius 1 is 1.14 bits per heavy atom. The Kier molecular flexibility index (Phi) is 5.94. The van der Waals surface area contributed by atoms with Crippen molar-refractivity contribution in [2.75, 3.05) is 0 Å². The molecule has 1 rings (SSSR count). The van der Waals surface area contributed by atoms with Crippen molar-refractivity contribution in [3.8, 4) is 0 Å². The Bertz CT molecular complexity index is 487. The predicted octanol–water partition coefficient (Wildman–Crippen LogP) is 3.57. The summed E-state index contributed by atoms with van der Waals surface area (Å²) >= 11 is 0. The zero-order valence-electron chi connectivity index (χ0n) is 13.3. The highest BCUT2D eigenvalue weighted by molar-refractivity contribution is 5.95. The van der Waals surface area contributed by atoms with Gasteiger partial charge < -0.3 is 10.4 Å². The Hall–Kier alpha value is -1.84. The number of benzene rings is 1. The van der Waals surface area contributed by atoms with Crippen molar-refractivity contribution in [3.63, 3.8) is 0 Å². The van der Waals surface area contributed by atoms with Gasteiger partial charge in [-0.05, 0) is 36.5 Å². The van der Waals surface area contributed by atoms with Crippen LogP contribution in [0.2, 0.25) is 0 Å². The number of carboxylic acids is 1. The first-order valence-electron chi connectivity index (χ1n) is 7.48. The number of carbonyl (C=O) groups is 2. The van der Waals surface area contributed by atoms with E-state index >= 15 is 0 Å². The molecule has 0 aromatic heterocycles. The first-order chi connectivity index (χ1) is 9.83. The van der Waals surface area contributed by atoms with Gasteiger partial charge in [-0.15, -0.1) is 0 Å². The third-order valence-electron chi connectivity index (χ3n) is 4.06. The third kappa shape index (κ3) is 4.59. The summed E-state index contributed by atoms with van der Waals surface area (Å²) in [6, 6.07) is 7.47. The molecule has 0 saturated carbocycles. The molecule has 0 radical (unpaired) electrons. The van der Waals surface area contributed by atoms with Crippen molar-refractivity contribution in [3.05, 3.63) is 35.4 Å². The lowest BCUT2D eigenvalue weighted by atomic mass is 9.88. The van der Waals surface area contributed by atoms with Crippen LogP contribution in [0.15, 0.2) is 24.3 Å². The monoisotopic (exact) mass is 291 g/mol. The van der Waals surface area contributed by atoms with Crippen LogP contribution >= 0.6 is 0 Å². The molecule has 0 unspecified atom stereocenters. The largest absolute Gasteiger partial charge is 0.481 e. The van der Waals surface area contributed by atoms with Crippen molar-refractivity contribution in [2.24, 2.45) is 0 Å². The topological polar surface area (TPSA) is 66.4 Å². The molecular formula is C17H25NO3. The molecule has 0 aliphatic rings. The molecule has 4 nitrogen and oxygen atoms in total. The summed E-state index contributed by atoms with van der Waals surface area (Å²) < 4.78 is 0. The van der Waals surface area contributed by atoms with Gasteiger partial charge in [0, 0.05) is 5.56 Å². The Balaban J connectivity index is 2.89. The lowest BCUT2D eigenvalue weighted by molar-refractivity contribution is -0.138. The fraction of sp³-hybridized carbons (Fsp3) is 0.529. The molecule has 0 spiro atoms. The molecule has 4 heteroatoms. The Morgan fingerprint density at radius 2 is 1.67 bits per heavy atom. The van der Waals surface area contributed by atoms with E-state index in [2.05, 4.69) is 19.2 Å². The average molecular weight is 291 g/mol. The van der Waals surface area contributed by atoms with Crippen LogP contribution in [0.25, 0.3) is 0 Å². The van der Waals surface area contributed by atoms with Crippen LogP contribution in [0, 0.1) is 0 Å². The fourth-order valence-electron chi connectivity index (χ4n) is 2.34. The van der Waals surface area contributed by atoms with Crippen molar-refractivity contribution < 1.29 is 14.7 Å². The van der Waals surface area contributed by atoms with E-state index in [9.17, 15) is 9.59 Å². The summed E-state index contributed by atoms with van der Waals surface area (Å²) in [4.78, 5) is 23.4. The zero-order chi connectivity index (χ0) is 16.0. The first kappa shape index (κ1) is 17.2. The van der Waals surface area contributed by atoms with E-state index in [1.54, 1.807) is 12.1 Å². The van der Waals surface area contributed by atoms with Crippen LogP contribution in [0.4, 0.5) is 0 Å². The molecule has 1 aromatic rings. The number of hydrogen-bond acceptors (Lipinski definition) is 2. The molecule has 0 aliphatic heterocycles. The molecule has 1 amide bonds. The maximum atomic E-state index is 12.3. The highest BCUT2D eigenvalue weighted by atomic mass is 16.4. The molecule has 0 aliphatic carbocycles. The normalized spacial score (nSPS) is 11.5. The minimum atomic E-state index is -0.894. The van der Waals surface area contributed by atoms with Crippen LogP contribution in [0.1, 0.15) is 68.8 Å². The molecule has 0 heterocycles. The molecule has 2 N–H and O–H groups in total. The number of rotatable bonds is 7. The molecule has 1 aromatic carbocycles. The van der Waals surface area contributed by atoms with E-state index in [1.807, 2.05) is 26.0 Å². The molecule has 0 fully saturated rings. The van der Waals surface area contributed by atoms with Crippen molar-refractivity contribution in [2.45, 2.75) is 58.4 Å². The zero-order valence-corrected chi connectivity index (χ0v) is 13.3. The third-order valence-corrected chi connectivity index (χ3v) is 4.06. The van der Waals surface area contributed by atoms with Crippen LogP contribution in [0.5, 0.6) is 0 Å². The van der Waals surface area contributed by atoms with E-state index < -0.39 is 11.5 Å². The van der Waals surface area contributed by atoms with Gasteiger partial charge in [0.05, 0.1) is 12.0 Å². The quantitative estimate of drug-likeness (QED) is 0.807. The van der Waals surface area contributed by atoms with Crippen molar-refractivity contribution in [1.82, 2.24) is 5.32 Å². The Morgan fingerprint density at radius 3 is 2.05 bits per heavy atom. The molecule has 116 valence electrons. The van der Waals surface area contributed by atoms with Crippen molar-refractivity contribution >= 4 is 11.9 Å². The molecule has 21 heavy (non-hydrogen) atoms. The summed E-state index contributed by atoms with van der Waals surface area (Å²) in [6.07, 6.45) is 1.12. The van der Waals surface area contributed by atoms with Gasteiger partial charge in [0.1, 0.15) is 0 Å². The number of carboxylic acid groups (broad SMARTS) is 1. The second kappa shape index (κ2) is 7.25. The fourth-order valence-corrected chi connectivity index (χ4v) is 2.34. The minimum Gasteiger partial charge on any atom is -0.481 e. The number of aliphatic carboxylic acids is 1. The number of hydrogen-bond donors (Lipinski definition) is 2. The maximum absolute atomic E-state index is 12.3. The summed E-state index contributed by atoms with van der Waals surface area (Å²) in [6.45, 7) is 7.99. The summed E-state index contributed by atoms with van der Waals surface area (Å²) in [5.74, 6) is -0.691. The number of nitrogens with one attached hydrogen (secondary N) is 1. The SMILES string of the molecule is CCC(CC)(CC(=O)O)NC(=O)c1ccc(C(C)C)cc1. The van der Waals surface area contributed by atoms with E-state index in [1.165, 1.54) is 5.56 Å². The van der Waals surface area contributed by atoms with Gasteiger partial charge in [-0.1, -0.05) is 39.8 Å². The smallest absolute Gasteiger partial charge is 0.305 e. The van der Waals surface area contributed by atoms with E-state index in [0.717, 1.165) is 0 Å². The minimum absolute atomic E-state index is 0.0597. The van der Waals surface area contributed by atoms with Gasteiger partial charge in [0.2, 0.25) is 0 Å². The Labute approximate surface area is 126 Å². The maximum Gasteiger partial charge on any atom is 0.305 e. The second-order valence-corrected chi connectivity index (χ2v) is 5.79. The van der Waals surface area contributed by atoms with Crippen LogP contribution in [-0.4, -0.2) is 22.5 Å². The summed E-state index contributed by atoms with van der Waals surface area (Å²) in [5, 5.41) is 11.9. The van der Waals surface area contributed by atoms with Gasteiger partial charge in [0.15, 0.2) is 0 Å². The standard InChI is InChI=1S/C17H25NO3/c1-5-17(6-2,11-15(19)20)18-16(21)14-9-7-13(8-10-14)12(3)4/h7-10,12H,5-6,11H2,1-4H3,(H,18,21)(H,19,20). The number of carbonyl (C=O) groups excluding carboxylic acids is 1. The van der Waals surface area contributed by atoms with Crippen LogP contribution < -0.4 is 5.32 Å². The highest BCUT2D eigenvalue weighted by Gasteiger charge is 2.31. The first-order valence-corrected chi connectivity index (χ1v) is 7.48. The lowest BCUT2D eigenvalue weighted by Gasteiger charge is -2.31. The lowest BCUT2D eigenvalue weighted by Crippen LogP contribution is -2.49. The summed E-state index contributed by atoms with van der Waals surface area (Å²) in [5.41, 5.74) is 1.06. The predicted molar refractivity (Wildman–Crippen MR) is 83.6 cm³/mol. The van der Waals surface area contributed by atoms with Crippen LogP contribution in [0.3, 0.4) is 0 Å². The van der Waals surface area contributed by atoms with E-state index in [0.29, 0.717) is 24.3 Å². The van der Waals surface area contributed by atoms with Crippen LogP contribution in [-0.2, 0) is 4.79 Å². The highest BCUT2D eigenvalue weighted by Crippen LogP contribution is 2.21. The molecule has 0 bridgehead atoms. The second-order valence-electron chi connectivity index (χ2n) is 5.79. The average Bonchev–Trinajstić information content (AvgIpc) is 2.46. The molecule has 0 saturated heterocycles. The van der Waals surface area contributed by atoms with E-state index in [-0.39, 0.29) is 12.3 Å². The van der Waals surface area contributed by atoms with E-state index in [4.69, 9.17) is 5.11 Å². The van der Waals surface area contributed by atoms with Gasteiger partial charge in [-0.3, -0.25) is 9.59 Å². The van der Waals surface area contributed by atoms with Gasteiger partial charge in [-0.2, -0.15) is 0 Å². The van der Waals surface area contributed by atoms with Gasteiger partial charge in [-0.25, -0.2) is 0 Å². The van der Waals surface area contributed by atoms with Crippen molar-refractivity contribution in [1.29, 1.82) is 0 Å². The summed E-state index contributed by atoms with van der Waals surface area (Å²) in [7, 11) is 0. The van der Waals surface area contributed by atoms with Gasteiger partial charge in [0.25, 0.3) is 5.91 Å². The number of amides is 1. The van der Waals surface area contributed by atoms with Gasteiger partial charge >= 0.3 is 5.97 Å².